The lowest BCUT2D eigenvalue weighted by Crippen LogP contribution is -1.77. The van der Waals surface area contributed by atoms with Crippen molar-refractivity contribution in [3.05, 3.63) is 35.4 Å². The number of rotatable bonds is 1. The Labute approximate surface area is 111 Å². The standard InChI is InChI=1S/C9H12.4C2H6/c1-3-9-6-4-8(2)5-7-9;4*1-2/h4-7H,3H2,1-2H3;4*1-2H3. The van der Waals surface area contributed by atoms with Gasteiger partial charge in [-0.15, -0.1) is 0 Å². The molecule has 0 aliphatic rings. The molecule has 0 aliphatic heterocycles. The highest BCUT2D eigenvalue weighted by Gasteiger charge is 1.84. The van der Waals surface area contributed by atoms with Crippen LogP contribution in [-0.2, 0) is 6.42 Å². The lowest BCUT2D eigenvalue weighted by Gasteiger charge is -1.94. The molecule has 0 fully saturated rings. The third-order valence-corrected chi connectivity index (χ3v) is 1.53. The average Bonchev–Trinajstić information content (AvgIpc) is 2.48. The van der Waals surface area contributed by atoms with Crippen LogP contribution in [0.3, 0.4) is 0 Å². The predicted molar refractivity (Wildman–Crippen MR) is 85.9 cm³/mol. The number of aryl methyl sites for hydroxylation is 2. The normalized spacial score (nSPS) is 6.47. The van der Waals surface area contributed by atoms with E-state index in [1.54, 1.807) is 0 Å². The Morgan fingerprint density at radius 2 is 0.941 bits per heavy atom. The summed E-state index contributed by atoms with van der Waals surface area (Å²) in [5.41, 5.74) is 2.76. The highest BCUT2D eigenvalue weighted by molar-refractivity contribution is 5.20. The van der Waals surface area contributed by atoms with E-state index in [1.807, 2.05) is 55.4 Å². The quantitative estimate of drug-likeness (QED) is 0.514. The van der Waals surface area contributed by atoms with Gasteiger partial charge in [0, 0.05) is 0 Å². The van der Waals surface area contributed by atoms with E-state index >= 15 is 0 Å². The molecule has 0 unspecified atom stereocenters. The van der Waals surface area contributed by atoms with E-state index in [0.29, 0.717) is 0 Å². The number of hydrogen-bond acceptors (Lipinski definition) is 0. The molecule has 0 saturated carbocycles. The highest BCUT2D eigenvalue weighted by Crippen LogP contribution is 2.02. The van der Waals surface area contributed by atoms with Crippen molar-refractivity contribution >= 4 is 0 Å². The molecule has 1 aromatic rings. The molecule has 0 aromatic heterocycles. The summed E-state index contributed by atoms with van der Waals surface area (Å²) in [6.45, 7) is 20.3. The van der Waals surface area contributed by atoms with Gasteiger partial charge in [0.25, 0.3) is 0 Å². The second-order valence-corrected chi connectivity index (χ2v) is 2.34. The zero-order valence-corrected chi connectivity index (χ0v) is 14.0. The molecule has 0 amide bonds. The van der Waals surface area contributed by atoms with Crippen LogP contribution in [0, 0.1) is 6.92 Å². The first-order chi connectivity index (χ1) is 8.33. The third kappa shape index (κ3) is 21.1. The van der Waals surface area contributed by atoms with Crippen molar-refractivity contribution in [2.75, 3.05) is 0 Å². The minimum absolute atomic E-state index is 1.14. The van der Waals surface area contributed by atoms with Gasteiger partial charge in [0.05, 0.1) is 0 Å². The summed E-state index contributed by atoms with van der Waals surface area (Å²) in [7, 11) is 0. The zero-order chi connectivity index (χ0) is 14.7. The molecule has 0 bridgehead atoms. The van der Waals surface area contributed by atoms with E-state index < -0.39 is 0 Å². The fourth-order valence-corrected chi connectivity index (χ4v) is 0.824. The van der Waals surface area contributed by atoms with Crippen LogP contribution < -0.4 is 0 Å². The second kappa shape index (κ2) is 29.5. The van der Waals surface area contributed by atoms with Gasteiger partial charge in [-0.05, 0) is 18.9 Å². The van der Waals surface area contributed by atoms with Crippen molar-refractivity contribution in [2.24, 2.45) is 0 Å². The largest absolute Gasteiger partial charge is 0.0683 e. The first-order valence-electron chi connectivity index (χ1n) is 7.38. The topological polar surface area (TPSA) is 0 Å². The van der Waals surface area contributed by atoms with Gasteiger partial charge in [-0.1, -0.05) is 92.1 Å². The summed E-state index contributed by atoms with van der Waals surface area (Å²) in [4.78, 5) is 0. The number of hydrogen-bond donors (Lipinski definition) is 0. The Morgan fingerprint density at radius 1 is 0.647 bits per heavy atom. The van der Waals surface area contributed by atoms with Gasteiger partial charge in [0.2, 0.25) is 0 Å². The molecular formula is C17H36. The fourth-order valence-electron chi connectivity index (χ4n) is 0.824. The molecule has 17 heavy (non-hydrogen) atoms. The summed E-state index contributed by atoms with van der Waals surface area (Å²) in [5.74, 6) is 0. The van der Waals surface area contributed by atoms with Crippen LogP contribution in [0.4, 0.5) is 0 Å². The molecule has 1 rings (SSSR count). The second-order valence-electron chi connectivity index (χ2n) is 2.34. The average molecular weight is 240 g/mol. The van der Waals surface area contributed by atoms with Crippen molar-refractivity contribution in [1.29, 1.82) is 0 Å². The lowest BCUT2D eigenvalue weighted by molar-refractivity contribution is 1.14. The van der Waals surface area contributed by atoms with Gasteiger partial charge >= 0.3 is 0 Å². The van der Waals surface area contributed by atoms with Gasteiger partial charge in [-0.3, -0.25) is 0 Å². The minimum Gasteiger partial charge on any atom is -0.0683 e. The first-order valence-corrected chi connectivity index (χ1v) is 7.38. The smallest absolute Gasteiger partial charge is 0.0307 e. The predicted octanol–water partition coefficient (Wildman–Crippen LogP) is 6.66. The van der Waals surface area contributed by atoms with Crippen molar-refractivity contribution in [2.45, 2.75) is 75.7 Å². The molecule has 104 valence electrons. The molecule has 0 heteroatoms. The Balaban J connectivity index is -0.0000000905. The molecule has 0 radical (unpaired) electrons. The SMILES string of the molecule is CC.CC.CC.CC.CCc1ccc(C)cc1. The molecule has 0 heterocycles. The summed E-state index contributed by atoms with van der Waals surface area (Å²) in [6.07, 6.45) is 1.14. The first kappa shape index (κ1) is 25.2. The van der Waals surface area contributed by atoms with Gasteiger partial charge in [-0.2, -0.15) is 0 Å². The van der Waals surface area contributed by atoms with Crippen molar-refractivity contribution in [3.63, 3.8) is 0 Å². The molecular weight excluding hydrogens is 204 g/mol. The van der Waals surface area contributed by atoms with Crippen molar-refractivity contribution in [1.82, 2.24) is 0 Å². The van der Waals surface area contributed by atoms with E-state index in [-0.39, 0.29) is 0 Å². The van der Waals surface area contributed by atoms with E-state index in [2.05, 4.69) is 38.1 Å². The maximum Gasteiger partial charge on any atom is -0.0307 e. The monoisotopic (exact) mass is 240 g/mol. The zero-order valence-electron chi connectivity index (χ0n) is 14.0. The van der Waals surface area contributed by atoms with Crippen LogP contribution >= 0.6 is 0 Å². The fraction of sp³-hybridized carbons (Fsp3) is 0.647. The summed E-state index contributed by atoms with van der Waals surface area (Å²) < 4.78 is 0. The molecule has 0 aliphatic carbocycles. The highest BCUT2D eigenvalue weighted by atomic mass is 13.9. The maximum absolute atomic E-state index is 2.18. The molecule has 0 atom stereocenters. The number of benzene rings is 1. The van der Waals surface area contributed by atoms with Crippen molar-refractivity contribution < 1.29 is 0 Å². The molecule has 0 nitrogen and oxygen atoms in total. The maximum atomic E-state index is 2.18. The van der Waals surface area contributed by atoms with Crippen LogP contribution in [0.15, 0.2) is 24.3 Å². The Kier molecular flexibility index (Phi) is 43.6. The van der Waals surface area contributed by atoms with E-state index in [9.17, 15) is 0 Å². The van der Waals surface area contributed by atoms with Gasteiger partial charge in [0.15, 0.2) is 0 Å². The van der Waals surface area contributed by atoms with Crippen molar-refractivity contribution in [3.8, 4) is 0 Å². The van der Waals surface area contributed by atoms with Crippen LogP contribution in [0.2, 0.25) is 0 Å². The third-order valence-electron chi connectivity index (χ3n) is 1.53. The Bertz CT molecular complexity index is 172. The Hall–Kier alpha value is -0.780. The summed E-state index contributed by atoms with van der Waals surface area (Å²) in [6, 6.07) is 8.66. The lowest BCUT2D eigenvalue weighted by atomic mass is 10.1. The van der Waals surface area contributed by atoms with Gasteiger partial charge in [-0.25, -0.2) is 0 Å². The molecule has 0 saturated heterocycles. The van der Waals surface area contributed by atoms with Crippen LogP contribution in [0.5, 0.6) is 0 Å². The van der Waals surface area contributed by atoms with Crippen LogP contribution in [-0.4, -0.2) is 0 Å². The molecule has 0 spiro atoms. The van der Waals surface area contributed by atoms with E-state index in [0.717, 1.165) is 6.42 Å². The minimum atomic E-state index is 1.14. The van der Waals surface area contributed by atoms with Gasteiger partial charge < -0.3 is 0 Å². The van der Waals surface area contributed by atoms with E-state index in [4.69, 9.17) is 0 Å². The summed E-state index contributed by atoms with van der Waals surface area (Å²) in [5, 5.41) is 0. The summed E-state index contributed by atoms with van der Waals surface area (Å²) >= 11 is 0. The van der Waals surface area contributed by atoms with Crippen LogP contribution in [0.25, 0.3) is 0 Å². The molecule has 0 N–H and O–H groups in total. The van der Waals surface area contributed by atoms with Gasteiger partial charge in [0.1, 0.15) is 0 Å². The Morgan fingerprint density at radius 3 is 1.18 bits per heavy atom. The van der Waals surface area contributed by atoms with E-state index in [1.165, 1.54) is 11.1 Å². The molecule has 1 aromatic carbocycles. The van der Waals surface area contributed by atoms with Crippen LogP contribution in [0.1, 0.15) is 73.4 Å².